The third-order valence-corrected chi connectivity index (χ3v) is 3.45. The molecule has 0 spiro atoms. The van der Waals surface area contributed by atoms with Gasteiger partial charge in [0.1, 0.15) is 6.61 Å². The van der Waals surface area contributed by atoms with Gasteiger partial charge in [-0.3, -0.25) is 4.90 Å². The number of benzene rings is 1. The molecule has 1 aromatic rings. The summed E-state index contributed by atoms with van der Waals surface area (Å²) in [6, 6.07) is 9.42. The molecule has 0 aromatic heterocycles. The highest BCUT2D eigenvalue weighted by Crippen LogP contribution is 2.28. The van der Waals surface area contributed by atoms with Crippen LogP contribution in [0.15, 0.2) is 42.6 Å². The average molecular weight is 277 g/mol. The quantitative estimate of drug-likeness (QED) is 0.875. The first-order valence-corrected chi connectivity index (χ1v) is 6.56. The van der Waals surface area contributed by atoms with Crippen LogP contribution in [0.25, 0.3) is 0 Å². The van der Waals surface area contributed by atoms with Gasteiger partial charge in [-0.1, -0.05) is 36.9 Å². The summed E-state index contributed by atoms with van der Waals surface area (Å²) < 4.78 is 5.23. The molecule has 5 nitrogen and oxygen atoms in total. The van der Waals surface area contributed by atoms with Crippen molar-refractivity contribution in [3.05, 3.63) is 48.2 Å². The summed E-state index contributed by atoms with van der Waals surface area (Å²) in [5.74, 6) is -0.184. The van der Waals surface area contributed by atoms with Gasteiger partial charge in [0.2, 0.25) is 0 Å². The van der Waals surface area contributed by atoms with Crippen LogP contribution < -0.4 is 0 Å². The third kappa shape index (κ3) is 3.37. The van der Waals surface area contributed by atoms with Crippen LogP contribution in [0.4, 0.5) is 4.79 Å². The molecular formula is C15H19NO4. The molecule has 0 aliphatic carbocycles. The van der Waals surface area contributed by atoms with Crippen LogP contribution >= 0.6 is 0 Å². The maximum Gasteiger partial charge on any atom is 0.414 e. The van der Waals surface area contributed by atoms with Gasteiger partial charge in [-0.25, -0.2) is 4.79 Å². The summed E-state index contributed by atoms with van der Waals surface area (Å²) in [7, 11) is 0. The lowest BCUT2D eigenvalue weighted by Gasteiger charge is -2.18. The molecule has 1 saturated heterocycles. The summed E-state index contributed by atoms with van der Waals surface area (Å²) in [4.78, 5) is 13.4. The Morgan fingerprint density at radius 3 is 2.80 bits per heavy atom. The van der Waals surface area contributed by atoms with Crippen LogP contribution in [0, 0.1) is 5.92 Å². The minimum Gasteiger partial charge on any atom is -0.444 e. The van der Waals surface area contributed by atoms with Crippen LogP contribution in [0.1, 0.15) is 12.0 Å². The number of aliphatic hydroxyl groups excluding tert-OH is 2. The predicted molar refractivity (Wildman–Crippen MR) is 73.7 cm³/mol. The molecule has 20 heavy (non-hydrogen) atoms. The highest BCUT2D eigenvalue weighted by Gasteiger charge is 2.34. The molecule has 2 N–H and O–H groups in total. The van der Waals surface area contributed by atoms with Gasteiger partial charge in [-0.15, -0.1) is 0 Å². The fourth-order valence-corrected chi connectivity index (χ4v) is 2.25. The molecule has 2 rings (SSSR count). The summed E-state index contributed by atoms with van der Waals surface area (Å²) in [5, 5.41) is 18.6. The predicted octanol–water partition coefficient (Wildman–Crippen LogP) is 1.51. The second-order valence-electron chi connectivity index (χ2n) is 4.93. The van der Waals surface area contributed by atoms with E-state index in [4.69, 9.17) is 9.84 Å². The number of hydrogen-bond acceptors (Lipinski definition) is 4. The second-order valence-corrected chi connectivity index (χ2v) is 4.93. The number of amides is 1. The van der Waals surface area contributed by atoms with E-state index in [2.05, 4.69) is 6.58 Å². The normalized spacial score (nSPS) is 20.0. The fraction of sp³-hybridized carbons (Fsp3) is 0.400. The van der Waals surface area contributed by atoms with Crippen molar-refractivity contribution in [3.8, 4) is 0 Å². The number of carbonyl (C=O) groups is 1. The Labute approximate surface area is 118 Å². The number of allylic oxidation sites excluding steroid dienone is 1. The van der Waals surface area contributed by atoms with E-state index in [1.165, 1.54) is 4.90 Å². The zero-order chi connectivity index (χ0) is 14.5. The van der Waals surface area contributed by atoms with E-state index >= 15 is 0 Å². The molecule has 0 radical (unpaired) electrons. The number of rotatable bonds is 4. The Morgan fingerprint density at radius 2 is 2.15 bits per heavy atom. The van der Waals surface area contributed by atoms with E-state index in [9.17, 15) is 9.90 Å². The van der Waals surface area contributed by atoms with Crippen molar-refractivity contribution in [2.45, 2.75) is 19.1 Å². The fourth-order valence-electron chi connectivity index (χ4n) is 2.25. The number of ether oxygens (including phenoxy) is 1. The Morgan fingerprint density at radius 1 is 1.45 bits per heavy atom. The highest BCUT2D eigenvalue weighted by molar-refractivity contribution is 5.70. The molecular weight excluding hydrogens is 258 g/mol. The summed E-state index contributed by atoms with van der Waals surface area (Å²) in [5.41, 5.74) is 1.53. The summed E-state index contributed by atoms with van der Waals surface area (Å²) >= 11 is 0. The number of carbonyl (C=O) groups excluding carboxylic acids is 1. The Kier molecular flexibility index (Phi) is 4.76. The van der Waals surface area contributed by atoms with Crippen molar-refractivity contribution in [1.29, 1.82) is 0 Å². The molecule has 2 atom stereocenters. The highest BCUT2D eigenvalue weighted by atomic mass is 16.6. The molecule has 108 valence electrons. The Hall–Kier alpha value is -1.85. The minimum atomic E-state index is -0.835. The van der Waals surface area contributed by atoms with Crippen LogP contribution in [-0.4, -0.2) is 40.5 Å². The van der Waals surface area contributed by atoms with E-state index in [-0.39, 0.29) is 19.1 Å². The monoisotopic (exact) mass is 277 g/mol. The number of likely N-dealkylation sites (tertiary alicyclic amines) is 1. The SMILES string of the molecule is C=C1C[C@H]([C@H](O)CO)CN1C(=O)OCc1ccccc1. The molecule has 1 aliphatic heterocycles. The first kappa shape index (κ1) is 14.6. The molecule has 0 saturated carbocycles. The Bertz CT molecular complexity index is 474. The molecule has 1 amide bonds. The number of hydrogen-bond donors (Lipinski definition) is 2. The molecule has 5 heteroatoms. The first-order chi connectivity index (χ1) is 9.61. The smallest absolute Gasteiger partial charge is 0.414 e. The van der Waals surface area contributed by atoms with Crippen molar-refractivity contribution in [3.63, 3.8) is 0 Å². The van der Waals surface area contributed by atoms with E-state index < -0.39 is 12.2 Å². The standard InChI is InChI=1S/C15H19NO4/c1-11-7-13(14(18)9-17)8-16(11)15(19)20-10-12-5-3-2-4-6-12/h2-6,13-14,17-18H,1,7-10H2/t13-,14+/m0/s1. The Balaban J connectivity index is 1.88. The number of nitrogens with zero attached hydrogens (tertiary/aromatic N) is 1. The van der Waals surface area contributed by atoms with Crippen LogP contribution in [0.3, 0.4) is 0 Å². The van der Waals surface area contributed by atoms with Gasteiger partial charge in [0.05, 0.1) is 12.7 Å². The van der Waals surface area contributed by atoms with Gasteiger partial charge in [-0.2, -0.15) is 0 Å². The van der Waals surface area contributed by atoms with E-state index in [0.29, 0.717) is 18.7 Å². The van der Waals surface area contributed by atoms with Crippen LogP contribution in [-0.2, 0) is 11.3 Å². The summed E-state index contributed by atoms with van der Waals surface area (Å²) in [6.45, 7) is 4.03. The first-order valence-electron chi connectivity index (χ1n) is 6.56. The zero-order valence-corrected chi connectivity index (χ0v) is 11.2. The van der Waals surface area contributed by atoms with Crippen molar-refractivity contribution >= 4 is 6.09 Å². The molecule has 1 heterocycles. The van der Waals surface area contributed by atoms with Gasteiger partial charge >= 0.3 is 6.09 Å². The maximum atomic E-state index is 12.0. The van der Waals surface area contributed by atoms with Gasteiger partial charge in [0.15, 0.2) is 0 Å². The van der Waals surface area contributed by atoms with Crippen LogP contribution in [0.5, 0.6) is 0 Å². The summed E-state index contributed by atoms with van der Waals surface area (Å²) in [6.07, 6.45) is -0.813. The van der Waals surface area contributed by atoms with Crippen LogP contribution in [0.2, 0.25) is 0 Å². The lowest BCUT2D eigenvalue weighted by Crippen LogP contribution is -2.31. The zero-order valence-electron chi connectivity index (χ0n) is 11.2. The van der Waals surface area contributed by atoms with Gasteiger partial charge < -0.3 is 14.9 Å². The molecule has 0 bridgehead atoms. The number of aliphatic hydroxyl groups is 2. The molecule has 1 fully saturated rings. The van der Waals surface area contributed by atoms with E-state index in [1.807, 2.05) is 30.3 Å². The van der Waals surface area contributed by atoms with Crippen molar-refractivity contribution in [2.75, 3.05) is 13.2 Å². The second kappa shape index (κ2) is 6.54. The van der Waals surface area contributed by atoms with E-state index in [0.717, 1.165) is 5.56 Å². The maximum absolute atomic E-state index is 12.0. The average Bonchev–Trinajstić information content (AvgIpc) is 2.87. The van der Waals surface area contributed by atoms with Gasteiger partial charge in [0.25, 0.3) is 0 Å². The van der Waals surface area contributed by atoms with Crippen molar-refractivity contribution in [1.82, 2.24) is 4.90 Å². The molecule has 1 aromatic carbocycles. The van der Waals surface area contributed by atoms with Gasteiger partial charge in [0, 0.05) is 18.2 Å². The van der Waals surface area contributed by atoms with Crippen molar-refractivity contribution in [2.24, 2.45) is 5.92 Å². The third-order valence-electron chi connectivity index (χ3n) is 3.45. The molecule has 0 unspecified atom stereocenters. The largest absolute Gasteiger partial charge is 0.444 e. The van der Waals surface area contributed by atoms with E-state index in [1.54, 1.807) is 0 Å². The topological polar surface area (TPSA) is 70.0 Å². The van der Waals surface area contributed by atoms with Crippen molar-refractivity contribution < 1.29 is 19.7 Å². The lowest BCUT2D eigenvalue weighted by atomic mass is 10.0. The minimum absolute atomic E-state index is 0.184. The van der Waals surface area contributed by atoms with Gasteiger partial charge in [-0.05, 0) is 12.0 Å². The lowest BCUT2D eigenvalue weighted by molar-refractivity contribution is 0.0479. The molecule has 1 aliphatic rings.